The Morgan fingerprint density at radius 1 is 0.929 bits per heavy atom. The van der Waals surface area contributed by atoms with Gasteiger partial charge in [0.2, 0.25) is 0 Å². The molecule has 164 valence electrons. The summed E-state index contributed by atoms with van der Waals surface area (Å²) in [7, 11) is 1.25. The molecule has 0 aliphatic heterocycles. The number of rotatable bonds is 16. The van der Waals surface area contributed by atoms with Gasteiger partial charge in [0, 0.05) is 13.2 Å². The lowest BCUT2D eigenvalue weighted by molar-refractivity contribution is -0.164. The third-order valence-electron chi connectivity index (χ3n) is 5.39. The number of carbonyl (C=O) groups excluding carboxylic acids is 3. The van der Waals surface area contributed by atoms with Crippen LogP contribution < -0.4 is 0 Å². The zero-order valence-electron chi connectivity index (χ0n) is 17.3. The number of aliphatic hydroxyl groups excluding tert-OH is 3. The van der Waals surface area contributed by atoms with Crippen LogP contribution in [0.2, 0.25) is 0 Å². The van der Waals surface area contributed by atoms with Crippen LogP contribution in [-0.2, 0) is 23.9 Å². The normalized spacial score (nSPS) is 15.4. The Morgan fingerprint density at radius 3 is 1.93 bits per heavy atom. The molecule has 8 heteroatoms. The molecule has 0 radical (unpaired) electrons. The summed E-state index contributed by atoms with van der Waals surface area (Å²) in [5.41, 5.74) is -1.25. The van der Waals surface area contributed by atoms with Crippen molar-refractivity contribution in [2.24, 2.45) is 17.3 Å². The summed E-state index contributed by atoms with van der Waals surface area (Å²) in [6.45, 7) is 2.39. The maximum absolute atomic E-state index is 12.8. The molecular formula is C20H36O8. The van der Waals surface area contributed by atoms with Crippen LogP contribution in [0.4, 0.5) is 0 Å². The molecule has 0 amide bonds. The van der Waals surface area contributed by atoms with Gasteiger partial charge in [-0.25, -0.2) is 0 Å². The van der Waals surface area contributed by atoms with E-state index in [9.17, 15) is 19.5 Å². The lowest BCUT2D eigenvalue weighted by atomic mass is 9.69. The van der Waals surface area contributed by atoms with E-state index in [4.69, 9.17) is 19.7 Å². The first-order chi connectivity index (χ1) is 13.3. The molecule has 0 saturated carbocycles. The number of aliphatic hydroxyl groups is 3. The Labute approximate surface area is 167 Å². The number of unbranched alkanes of at least 4 members (excludes halogenated alkanes) is 2. The van der Waals surface area contributed by atoms with E-state index in [0.717, 1.165) is 0 Å². The number of ether oxygens (including phenoxy) is 2. The van der Waals surface area contributed by atoms with Crippen molar-refractivity contribution in [3.05, 3.63) is 0 Å². The van der Waals surface area contributed by atoms with Gasteiger partial charge in [-0.1, -0.05) is 19.8 Å². The lowest BCUT2D eigenvalue weighted by Gasteiger charge is -2.35. The Balaban J connectivity index is 5.29. The molecule has 0 bridgehead atoms. The number of ketones is 1. The highest BCUT2D eigenvalue weighted by molar-refractivity contribution is 5.89. The van der Waals surface area contributed by atoms with Gasteiger partial charge in [-0.15, -0.1) is 0 Å². The van der Waals surface area contributed by atoms with Crippen molar-refractivity contribution in [3.63, 3.8) is 0 Å². The highest BCUT2D eigenvalue weighted by Crippen LogP contribution is 2.37. The first kappa shape index (κ1) is 26.5. The second-order valence-corrected chi connectivity index (χ2v) is 7.07. The van der Waals surface area contributed by atoms with Crippen molar-refractivity contribution in [2.75, 3.05) is 33.5 Å². The first-order valence-electron chi connectivity index (χ1n) is 9.92. The van der Waals surface area contributed by atoms with Gasteiger partial charge in [-0.2, -0.15) is 0 Å². The zero-order valence-corrected chi connectivity index (χ0v) is 17.3. The fourth-order valence-corrected chi connectivity index (χ4v) is 3.38. The molecule has 8 nitrogen and oxygen atoms in total. The zero-order chi connectivity index (χ0) is 21.6. The fraction of sp³-hybridized carbons (Fsp3) is 0.850. The number of hydrogen-bond donors (Lipinski definition) is 3. The van der Waals surface area contributed by atoms with Crippen molar-refractivity contribution in [1.29, 1.82) is 0 Å². The SMILES string of the molecule is CCC(CO)(C(C)=O)C(CCCCO)C(=O)OCC(CCCCO)C(=O)OC. The molecule has 3 unspecified atom stereocenters. The van der Waals surface area contributed by atoms with E-state index in [0.29, 0.717) is 38.5 Å². The van der Waals surface area contributed by atoms with Crippen LogP contribution >= 0.6 is 0 Å². The number of carbonyl (C=O) groups is 3. The molecule has 3 atom stereocenters. The Hall–Kier alpha value is -1.51. The molecule has 0 spiro atoms. The summed E-state index contributed by atoms with van der Waals surface area (Å²) in [4.78, 5) is 37.0. The topological polar surface area (TPSA) is 130 Å². The van der Waals surface area contributed by atoms with Crippen LogP contribution in [0.15, 0.2) is 0 Å². The monoisotopic (exact) mass is 404 g/mol. The van der Waals surface area contributed by atoms with Crippen LogP contribution in [-0.4, -0.2) is 66.6 Å². The van der Waals surface area contributed by atoms with E-state index in [2.05, 4.69) is 0 Å². The van der Waals surface area contributed by atoms with Crippen molar-refractivity contribution in [3.8, 4) is 0 Å². The molecule has 0 saturated heterocycles. The third-order valence-corrected chi connectivity index (χ3v) is 5.39. The Bertz CT molecular complexity index is 473. The van der Waals surface area contributed by atoms with Gasteiger partial charge in [-0.05, 0) is 39.0 Å². The van der Waals surface area contributed by atoms with E-state index >= 15 is 0 Å². The van der Waals surface area contributed by atoms with Gasteiger partial charge in [0.25, 0.3) is 0 Å². The predicted octanol–water partition coefficient (Wildman–Crippen LogP) is 1.24. The van der Waals surface area contributed by atoms with Crippen LogP contribution in [0.1, 0.15) is 58.8 Å². The maximum atomic E-state index is 12.8. The van der Waals surface area contributed by atoms with Gasteiger partial charge in [0.15, 0.2) is 0 Å². The largest absolute Gasteiger partial charge is 0.469 e. The van der Waals surface area contributed by atoms with Crippen LogP contribution in [0.25, 0.3) is 0 Å². The molecule has 0 fully saturated rings. The highest BCUT2D eigenvalue weighted by atomic mass is 16.5. The van der Waals surface area contributed by atoms with E-state index < -0.39 is 35.8 Å². The van der Waals surface area contributed by atoms with E-state index in [1.165, 1.54) is 14.0 Å². The number of Topliss-reactive ketones (excluding diaryl/α,β-unsaturated/α-hetero) is 1. The molecule has 0 rings (SSSR count). The molecule has 0 aliphatic rings. The van der Waals surface area contributed by atoms with Gasteiger partial charge >= 0.3 is 11.9 Å². The van der Waals surface area contributed by atoms with Crippen molar-refractivity contribution < 1.29 is 39.2 Å². The van der Waals surface area contributed by atoms with Gasteiger partial charge in [0.05, 0.1) is 31.0 Å². The molecule has 0 aliphatic carbocycles. The van der Waals surface area contributed by atoms with Crippen molar-refractivity contribution >= 4 is 17.7 Å². The fourth-order valence-electron chi connectivity index (χ4n) is 3.38. The summed E-state index contributed by atoms with van der Waals surface area (Å²) in [5, 5.41) is 27.8. The lowest BCUT2D eigenvalue weighted by Crippen LogP contribution is -2.45. The molecule has 0 aromatic carbocycles. The number of methoxy groups -OCH3 is 1. The summed E-state index contributed by atoms with van der Waals surface area (Å²) in [6, 6.07) is 0. The molecule has 28 heavy (non-hydrogen) atoms. The maximum Gasteiger partial charge on any atom is 0.312 e. The first-order valence-corrected chi connectivity index (χ1v) is 9.92. The summed E-state index contributed by atoms with van der Waals surface area (Å²) in [6.07, 6.45) is 3.05. The molecule has 0 aromatic rings. The second kappa shape index (κ2) is 14.5. The smallest absolute Gasteiger partial charge is 0.312 e. The summed E-state index contributed by atoms with van der Waals surface area (Å²) in [5.74, 6) is -2.95. The van der Waals surface area contributed by atoms with Crippen LogP contribution in [0.3, 0.4) is 0 Å². The third kappa shape index (κ3) is 7.85. The standard InChI is InChI=1S/C20H36O8/c1-4-20(14-23,15(2)24)17(10-6-8-12-22)19(26)28-13-16(18(25)27-3)9-5-7-11-21/h16-17,21-23H,4-14H2,1-3H3. The minimum absolute atomic E-state index is 0.00867. The number of hydrogen-bond acceptors (Lipinski definition) is 8. The van der Waals surface area contributed by atoms with E-state index in [1.54, 1.807) is 6.92 Å². The molecule has 3 N–H and O–H groups in total. The Kier molecular flexibility index (Phi) is 13.7. The average Bonchev–Trinajstić information content (AvgIpc) is 2.69. The predicted molar refractivity (Wildman–Crippen MR) is 102 cm³/mol. The number of esters is 2. The minimum atomic E-state index is -1.25. The second-order valence-electron chi connectivity index (χ2n) is 7.07. The molecule has 0 heterocycles. The molecular weight excluding hydrogens is 368 g/mol. The summed E-state index contributed by atoms with van der Waals surface area (Å²) >= 11 is 0. The minimum Gasteiger partial charge on any atom is -0.469 e. The van der Waals surface area contributed by atoms with Crippen LogP contribution in [0, 0.1) is 17.3 Å². The molecule has 0 aromatic heterocycles. The van der Waals surface area contributed by atoms with Crippen molar-refractivity contribution in [1.82, 2.24) is 0 Å². The average molecular weight is 405 g/mol. The summed E-state index contributed by atoms with van der Waals surface area (Å²) < 4.78 is 10.1. The van der Waals surface area contributed by atoms with Gasteiger partial charge in [-0.3, -0.25) is 14.4 Å². The van der Waals surface area contributed by atoms with Crippen molar-refractivity contribution in [2.45, 2.75) is 58.8 Å². The Morgan fingerprint density at radius 2 is 1.50 bits per heavy atom. The van der Waals surface area contributed by atoms with E-state index in [1.807, 2.05) is 0 Å². The highest BCUT2D eigenvalue weighted by Gasteiger charge is 2.46. The van der Waals surface area contributed by atoms with Gasteiger partial charge in [0.1, 0.15) is 12.4 Å². The van der Waals surface area contributed by atoms with E-state index in [-0.39, 0.29) is 32.0 Å². The quantitative estimate of drug-likeness (QED) is 0.259. The van der Waals surface area contributed by atoms with Crippen LogP contribution in [0.5, 0.6) is 0 Å². The van der Waals surface area contributed by atoms with Gasteiger partial charge < -0.3 is 24.8 Å².